The zero-order valence-electron chi connectivity index (χ0n) is 24.3. The third-order valence-electron chi connectivity index (χ3n) is 5.45. The molecule has 2 aromatic heterocycles. The summed E-state index contributed by atoms with van der Waals surface area (Å²) in [5.74, 6) is 0.374. The summed E-state index contributed by atoms with van der Waals surface area (Å²) in [6.07, 6.45) is 1.87. The van der Waals surface area contributed by atoms with E-state index in [9.17, 15) is 4.79 Å². The molecule has 40 heavy (non-hydrogen) atoms. The van der Waals surface area contributed by atoms with Gasteiger partial charge in [0.05, 0.1) is 30.4 Å². The molecule has 0 spiro atoms. The maximum Gasteiger partial charge on any atom is 0.413 e. The minimum atomic E-state index is -0.584. The van der Waals surface area contributed by atoms with Gasteiger partial charge in [0.25, 0.3) is 0 Å². The summed E-state index contributed by atoms with van der Waals surface area (Å²) >= 11 is 12.6. The maximum atomic E-state index is 12.0. The first-order valence-corrected chi connectivity index (χ1v) is 13.9. The number of pyridine rings is 1. The van der Waals surface area contributed by atoms with Gasteiger partial charge in [0, 0.05) is 39.1 Å². The van der Waals surface area contributed by atoms with Crippen LogP contribution in [0.3, 0.4) is 0 Å². The van der Waals surface area contributed by atoms with Crippen molar-refractivity contribution in [1.29, 1.82) is 0 Å². The fourth-order valence-corrected chi connectivity index (χ4v) is 4.21. The van der Waals surface area contributed by atoms with Gasteiger partial charge in [0.2, 0.25) is 0 Å². The highest BCUT2D eigenvalue weighted by atomic mass is 35.5. The molecule has 4 aromatic rings. The molecule has 1 amide bonds. The Bertz CT molecular complexity index is 1460. The number of H-pyrrole nitrogens is 1. The number of benzene rings is 2. The number of anilines is 2. The van der Waals surface area contributed by atoms with Crippen LogP contribution in [-0.2, 0) is 11.2 Å². The Morgan fingerprint density at radius 3 is 2.42 bits per heavy atom. The van der Waals surface area contributed by atoms with E-state index in [1.165, 1.54) is 6.82 Å². The monoisotopic (exact) mass is 581 g/mol. The zero-order valence-corrected chi connectivity index (χ0v) is 25.8. The summed E-state index contributed by atoms with van der Waals surface area (Å²) in [7, 11) is 4.50. The van der Waals surface area contributed by atoms with Crippen molar-refractivity contribution in [3.05, 3.63) is 76.3 Å². The zero-order chi connectivity index (χ0) is 30.0. The highest BCUT2D eigenvalue weighted by Gasteiger charge is 2.17. The van der Waals surface area contributed by atoms with Crippen LogP contribution in [0.5, 0.6) is 0 Å². The Kier molecular flexibility index (Phi) is 12.2. The number of nitrogens with zero attached hydrogens (tertiary/aromatic N) is 1. The van der Waals surface area contributed by atoms with E-state index in [0.29, 0.717) is 28.8 Å². The second-order valence-corrected chi connectivity index (χ2v) is 10.4. The lowest BCUT2D eigenvalue weighted by molar-refractivity contribution is 0.0542. The van der Waals surface area contributed by atoms with E-state index in [4.69, 9.17) is 27.9 Å². The highest BCUT2D eigenvalue weighted by Crippen LogP contribution is 2.34. The number of nitrogens with one attached hydrogen (secondary N) is 4. The quantitative estimate of drug-likeness (QED) is 0.164. The molecule has 0 aliphatic rings. The van der Waals surface area contributed by atoms with Crippen LogP contribution >= 0.6 is 23.2 Å². The fourth-order valence-electron chi connectivity index (χ4n) is 3.87. The van der Waals surface area contributed by atoms with Crippen molar-refractivity contribution in [2.24, 2.45) is 0 Å². The Morgan fingerprint density at radius 1 is 1.07 bits per heavy atom. The summed E-state index contributed by atoms with van der Waals surface area (Å²) in [5, 5.41) is 12.5. The van der Waals surface area contributed by atoms with Crippen LogP contribution < -0.4 is 16.0 Å². The van der Waals surface area contributed by atoms with Gasteiger partial charge < -0.3 is 20.4 Å². The Hall–Kier alpha value is -3.36. The molecule has 4 rings (SSSR count). The largest absolute Gasteiger partial charge is 0.444 e. The topological polar surface area (TPSA) is 91.1 Å². The van der Waals surface area contributed by atoms with Crippen LogP contribution in [-0.4, -0.2) is 36.1 Å². The van der Waals surface area contributed by atoms with Gasteiger partial charge in [0.15, 0.2) is 0 Å². The van der Waals surface area contributed by atoms with E-state index < -0.39 is 11.7 Å². The lowest BCUT2D eigenvalue weighted by Gasteiger charge is -2.20. The molecule has 4 N–H and O–H groups in total. The summed E-state index contributed by atoms with van der Waals surface area (Å²) in [5.41, 5.74) is 4.97. The van der Waals surface area contributed by atoms with Gasteiger partial charge in [-0.1, -0.05) is 50.5 Å². The van der Waals surface area contributed by atoms with Gasteiger partial charge in [-0.05, 0) is 76.1 Å². The van der Waals surface area contributed by atoms with Crippen LogP contribution in [0.15, 0.2) is 55.0 Å². The van der Waals surface area contributed by atoms with Crippen molar-refractivity contribution < 1.29 is 9.53 Å². The van der Waals surface area contributed by atoms with E-state index in [0.717, 1.165) is 44.4 Å². The van der Waals surface area contributed by atoms with Gasteiger partial charge in [-0.25, -0.2) is 4.79 Å². The summed E-state index contributed by atoms with van der Waals surface area (Å²) < 4.78 is 5.27. The van der Waals surface area contributed by atoms with E-state index in [-0.39, 0.29) is 0 Å². The molecule has 0 bridgehead atoms. The standard InChI is InChI=1S/C27H29Cl2N5O2.C2H6.CH3B/c1-15-23(29)13-20(14-31-15)33-19-10-17(8-9-30-16(2)32-26(35)36-27(3,4)5)25-22(12-19)21-11-18(28)6-7-24(21)34-25;2*1-2/h6-7,10-14,30,33-34H,2,8-9H2,1,3-5H3,(H,32,35);1-2H3;1H3. The minimum absolute atomic E-state index is 0.374. The smallest absolute Gasteiger partial charge is 0.413 e. The van der Waals surface area contributed by atoms with Gasteiger partial charge in [-0.15, -0.1) is 0 Å². The number of hydrogen-bond acceptors (Lipinski definition) is 5. The number of fused-ring (bicyclic) bond motifs is 3. The normalized spacial score (nSPS) is 10.6. The van der Waals surface area contributed by atoms with Crippen molar-refractivity contribution in [1.82, 2.24) is 20.6 Å². The summed E-state index contributed by atoms with van der Waals surface area (Å²) in [6, 6.07) is 11.8. The lowest BCUT2D eigenvalue weighted by atomic mass is 10.0. The van der Waals surface area contributed by atoms with Crippen molar-refractivity contribution in [2.45, 2.75) is 60.4 Å². The van der Waals surface area contributed by atoms with Gasteiger partial charge in [-0.3, -0.25) is 10.3 Å². The molecular weight excluding hydrogens is 544 g/mol. The number of aromatic amines is 1. The first-order valence-electron chi connectivity index (χ1n) is 13.1. The van der Waals surface area contributed by atoms with E-state index in [1.54, 1.807) is 6.20 Å². The first kappa shape index (κ1) is 32.9. The van der Waals surface area contributed by atoms with E-state index in [1.807, 2.05) is 65.8 Å². The number of aromatic nitrogens is 2. The van der Waals surface area contributed by atoms with Crippen LogP contribution in [0, 0.1) is 6.92 Å². The molecule has 0 atom stereocenters. The summed E-state index contributed by atoms with van der Waals surface area (Å²) in [6.45, 7) is 17.2. The molecule has 10 heteroatoms. The molecule has 0 aliphatic carbocycles. The molecule has 0 unspecified atom stereocenters. The van der Waals surface area contributed by atoms with Crippen molar-refractivity contribution in [2.75, 3.05) is 11.9 Å². The molecule has 0 saturated carbocycles. The van der Waals surface area contributed by atoms with Gasteiger partial charge in [0.1, 0.15) is 11.4 Å². The number of carbonyl (C=O) groups is 1. The number of ether oxygens (including phenoxy) is 1. The van der Waals surface area contributed by atoms with Crippen LogP contribution in [0.1, 0.15) is 45.9 Å². The number of aryl methyl sites for hydroxylation is 1. The second kappa shape index (κ2) is 14.9. The lowest BCUT2D eigenvalue weighted by Crippen LogP contribution is -2.36. The molecule has 7 nitrogen and oxygen atoms in total. The first-order chi connectivity index (χ1) is 19.0. The molecule has 0 aliphatic heterocycles. The Balaban J connectivity index is 0.00000134. The third kappa shape index (κ3) is 9.10. The number of hydrogen-bond donors (Lipinski definition) is 4. The molecule has 0 saturated heterocycles. The average molecular weight is 582 g/mol. The fraction of sp³-hybridized carbons (Fsp3) is 0.333. The highest BCUT2D eigenvalue weighted by molar-refractivity contribution is 6.32. The molecule has 212 valence electrons. The average Bonchev–Trinajstić information content (AvgIpc) is 3.25. The van der Waals surface area contributed by atoms with Gasteiger partial charge >= 0.3 is 6.09 Å². The minimum Gasteiger partial charge on any atom is -0.444 e. The van der Waals surface area contributed by atoms with Crippen molar-refractivity contribution in [3.8, 4) is 0 Å². The van der Waals surface area contributed by atoms with Crippen molar-refractivity contribution >= 4 is 70.3 Å². The number of amides is 1. The van der Waals surface area contributed by atoms with Gasteiger partial charge in [-0.2, -0.15) is 0 Å². The Labute approximate surface area is 248 Å². The predicted molar refractivity (Wildman–Crippen MR) is 171 cm³/mol. The molecule has 2 heterocycles. The predicted octanol–water partition coefficient (Wildman–Crippen LogP) is 8.43. The molecule has 2 aromatic carbocycles. The number of rotatable bonds is 7. The number of carbonyl (C=O) groups excluding carboxylic acids is 1. The Morgan fingerprint density at radius 2 is 1.77 bits per heavy atom. The van der Waals surface area contributed by atoms with Crippen LogP contribution in [0.25, 0.3) is 21.8 Å². The summed E-state index contributed by atoms with van der Waals surface area (Å²) in [4.78, 5) is 19.9. The second-order valence-electron chi connectivity index (χ2n) is 9.57. The molecule has 2 radical (unpaired) electrons. The van der Waals surface area contributed by atoms with E-state index in [2.05, 4.69) is 52.5 Å². The third-order valence-corrected chi connectivity index (χ3v) is 6.07. The van der Waals surface area contributed by atoms with Crippen molar-refractivity contribution in [3.63, 3.8) is 0 Å². The number of halogens is 2. The van der Waals surface area contributed by atoms with Crippen LogP contribution in [0.4, 0.5) is 16.2 Å². The van der Waals surface area contributed by atoms with E-state index >= 15 is 0 Å². The SMILES string of the molecule is C=C(NCCc1cc(Nc2cnc(C)c(Cl)c2)cc2c1[nH]c1ccc(Cl)cc12)NC(=O)OC(C)(C)C.CC.[B]C. The number of alkyl carbamates (subject to hydrolysis) is 1. The maximum absolute atomic E-state index is 12.0. The molecular formula is C30H38BCl2N5O2. The van der Waals surface area contributed by atoms with Crippen LogP contribution in [0.2, 0.25) is 16.9 Å². The molecule has 0 fully saturated rings.